The molecule has 0 fully saturated rings. The average Bonchev–Trinajstić information content (AvgIpc) is 3.47. The molecule has 0 unspecified atom stereocenters. The van der Waals surface area contributed by atoms with Gasteiger partial charge in [0.2, 0.25) is 0 Å². The predicted octanol–water partition coefficient (Wildman–Crippen LogP) is 5.01. The number of halogens is 2. The first-order valence-corrected chi connectivity index (χ1v) is 18.2. The predicted molar refractivity (Wildman–Crippen MR) is 183 cm³/mol. The molecule has 0 aliphatic carbocycles. The lowest BCUT2D eigenvalue weighted by Gasteiger charge is -2.18. The highest BCUT2D eigenvalue weighted by molar-refractivity contribution is 7.85. The number of anilines is 2. The van der Waals surface area contributed by atoms with Crippen LogP contribution in [0.4, 0.5) is 15.9 Å². The van der Waals surface area contributed by atoms with Crippen LogP contribution in [0.3, 0.4) is 0 Å². The smallest absolute Gasteiger partial charge is 0.261 e. The molecule has 49 heavy (non-hydrogen) atoms. The number of benzene rings is 3. The molecule has 0 radical (unpaired) electrons. The first kappa shape index (κ1) is 39.2. The normalized spacial score (nSPS) is 11.4. The molecule has 0 atom stereocenters. The van der Waals surface area contributed by atoms with E-state index in [1.165, 1.54) is 18.5 Å². The fraction of sp³-hybridized carbons (Fsp3) is 0.226. The highest BCUT2D eigenvalue weighted by atomic mass is 35.5. The van der Waals surface area contributed by atoms with Crippen LogP contribution in [0.15, 0.2) is 83.5 Å². The van der Waals surface area contributed by atoms with Crippen LogP contribution >= 0.6 is 11.6 Å². The van der Waals surface area contributed by atoms with Crippen molar-refractivity contribution < 1.29 is 49.7 Å². The van der Waals surface area contributed by atoms with Gasteiger partial charge in [-0.15, -0.1) is 0 Å². The first-order chi connectivity index (χ1) is 23.0. The number of aliphatic hydroxyl groups is 2. The Balaban J connectivity index is 0.000000571. The van der Waals surface area contributed by atoms with Crippen molar-refractivity contribution in [3.05, 3.63) is 95.7 Å². The molecule has 2 aromatic heterocycles. The Morgan fingerprint density at radius 1 is 0.878 bits per heavy atom. The zero-order chi connectivity index (χ0) is 36.2. The zero-order valence-electron chi connectivity index (χ0n) is 26.2. The Labute approximate surface area is 287 Å². The lowest BCUT2D eigenvalue weighted by molar-refractivity contribution is 0.149. The fourth-order valence-corrected chi connectivity index (χ4v) is 4.36. The maximum Gasteiger partial charge on any atom is 0.261 e. The van der Waals surface area contributed by atoms with Crippen LogP contribution < -0.4 is 10.1 Å². The summed E-state index contributed by atoms with van der Waals surface area (Å²) in [6.07, 6.45) is 2.91. The molecule has 0 spiro atoms. The molecule has 5 N–H and O–H groups in total. The highest BCUT2D eigenvalue weighted by Crippen LogP contribution is 2.35. The third-order valence-electron chi connectivity index (χ3n) is 6.04. The number of aliphatic hydroxyl groups excluding tert-OH is 2. The Bertz CT molecular complexity index is 2010. The molecule has 14 nitrogen and oxygen atoms in total. The van der Waals surface area contributed by atoms with Crippen molar-refractivity contribution >= 4 is 54.2 Å². The van der Waals surface area contributed by atoms with E-state index < -0.39 is 26.1 Å². The summed E-state index contributed by atoms with van der Waals surface area (Å²) in [4.78, 5) is 10.7. The van der Waals surface area contributed by atoms with Gasteiger partial charge >= 0.3 is 0 Å². The van der Waals surface area contributed by atoms with Gasteiger partial charge in [-0.25, -0.2) is 14.4 Å². The molecular weight excluding hydrogens is 707 g/mol. The van der Waals surface area contributed by atoms with Crippen LogP contribution in [0.2, 0.25) is 5.02 Å². The Hall–Kier alpha value is -4.20. The number of hydrogen-bond donors (Lipinski definition) is 5. The van der Waals surface area contributed by atoms with Gasteiger partial charge in [-0.1, -0.05) is 23.7 Å². The van der Waals surface area contributed by atoms with E-state index in [0.717, 1.165) is 22.2 Å². The molecule has 0 saturated carbocycles. The third kappa shape index (κ3) is 14.1. The van der Waals surface area contributed by atoms with E-state index in [-0.39, 0.29) is 19.0 Å². The second kappa shape index (κ2) is 18.0. The number of nitrogens with zero attached hydrogens (tertiary/aromatic N) is 3. The number of nitrogens with one attached hydrogen (secondary N) is 1. The number of fused-ring (bicyclic) bond motifs is 1. The fourth-order valence-electron chi connectivity index (χ4n) is 4.14. The quantitative estimate of drug-likeness (QED) is 0.113. The lowest BCUT2D eigenvalue weighted by Crippen LogP contribution is -2.29. The van der Waals surface area contributed by atoms with Gasteiger partial charge in [-0.3, -0.25) is 14.0 Å². The van der Waals surface area contributed by atoms with Crippen LogP contribution in [0.5, 0.6) is 11.5 Å². The van der Waals surface area contributed by atoms with Crippen molar-refractivity contribution in [1.29, 1.82) is 0 Å². The summed E-state index contributed by atoms with van der Waals surface area (Å²) in [5, 5.41) is 22.9. The maximum absolute atomic E-state index is 14.0. The summed E-state index contributed by atoms with van der Waals surface area (Å²) in [5.41, 5.74) is 2.25. The summed E-state index contributed by atoms with van der Waals surface area (Å²) >= 11 is 6.44. The Kier molecular flexibility index (Phi) is 14.4. The molecule has 18 heteroatoms. The van der Waals surface area contributed by atoms with Gasteiger partial charge in [-0.05, 0) is 60.7 Å². The minimum Gasteiger partial charge on any atom is -0.460 e. The van der Waals surface area contributed by atoms with Gasteiger partial charge in [0.05, 0.1) is 42.8 Å². The first-order valence-electron chi connectivity index (χ1n) is 14.2. The number of ether oxygens (including phenoxy) is 1. The van der Waals surface area contributed by atoms with Gasteiger partial charge in [0.25, 0.3) is 20.2 Å². The average molecular weight is 741 g/mol. The van der Waals surface area contributed by atoms with Crippen LogP contribution in [0.1, 0.15) is 5.76 Å². The van der Waals surface area contributed by atoms with Gasteiger partial charge in [0.15, 0.2) is 11.6 Å². The molecule has 0 aliphatic heterocycles. The standard InChI is InChI=1S/C29H26ClFN4O4.2CH4O3S/c30-23-16-20(6-9-27(23)39-28-4-2-1-3-24(28)31)34-29-22-15-19(5-8-25(22)32-18-33-29)26-10-7-21(38-26)17-35(11-13-36)12-14-37;2*1-5(2,3)4/h1-10,15-16,18,36-37H,11-14,17H2,(H,32,33,34);2*1H3,(H,2,3,4). The number of para-hydroxylation sites is 1. The Morgan fingerprint density at radius 3 is 2.14 bits per heavy atom. The highest BCUT2D eigenvalue weighted by Gasteiger charge is 2.13. The molecule has 0 amide bonds. The molecule has 0 saturated heterocycles. The van der Waals surface area contributed by atoms with E-state index in [0.29, 0.717) is 60.2 Å². The molecule has 264 valence electrons. The lowest BCUT2D eigenvalue weighted by atomic mass is 10.1. The number of furan rings is 1. The second-order valence-corrected chi connectivity index (χ2v) is 13.6. The van der Waals surface area contributed by atoms with Gasteiger partial charge in [0.1, 0.15) is 29.4 Å². The van der Waals surface area contributed by atoms with E-state index in [9.17, 15) is 31.4 Å². The zero-order valence-corrected chi connectivity index (χ0v) is 28.6. The largest absolute Gasteiger partial charge is 0.460 e. The number of hydrogen-bond acceptors (Lipinski definition) is 12. The summed E-state index contributed by atoms with van der Waals surface area (Å²) in [6.45, 7) is 1.36. The molecule has 3 aromatic carbocycles. The van der Waals surface area contributed by atoms with E-state index in [1.807, 2.05) is 35.2 Å². The van der Waals surface area contributed by atoms with E-state index >= 15 is 0 Å². The van der Waals surface area contributed by atoms with Gasteiger partial charge in [0, 0.05) is 29.7 Å². The molecule has 5 aromatic rings. The summed E-state index contributed by atoms with van der Waals surface area (Å²) in [6, 6.07) is 20.8. The third-order valence-corrected chi connectivity index (χ3v) is 6.34. The van der Waals surface area contributed by atoms with Gasteiger partial charge < -0.3 is 24.7 Å². The minimum atomic E-state index is -3.67. The molecule has 0 aliphatic rings. The second-order valence-electron chi connectivity index (χ2n) is 10.2. The van der Waals surface area contributed by atoms with E-state index in [1.54, 1.807) is 30.3 Å². The topological polar surface area (TPSA) is 213 Å². The molecular formula is C31H34ClFN4O10S2. The minimum absolute atomic E-state index is 0.000553. The summed E-state index contributed by atoms with van der Waals surface area (Å²) in [5.74, 6) is 1.91. The van der Waals surface area contributed by atoms with Crippen LogP contribution in [-0.2, 0) is 26.8 Å². The molecule has 0 bridgehead atoms. The van der Waals surface area contributed by atoms with Crippen molar-refractivity contribution in [2.24, 2.45) is 0 Å². The van der Waals surface area contributed by atoms with Gasteiger partial charge in [-0.2, -0.15) is 16.8 Å². The number of aromatic nitrogens is 2. The Morgan fingerprint density at radius 2 is 1.53 bits per heavy atom. The van der Waals surface area contributed by atoms with Crippen molar-refractivity contribution in [3.8, 4) is 22.8 Å². The molecule has 5 rings (SSSR count). The molecule has 2 heterocycles. The van der Waals surface area contributed by atoms with Crippen LogP contribution in [0, 0.1) is 5.82 Å². The monoisotopic (exact) mass is 740 g/mol. The van der Waals surface area contributed by atoms with E-state index in [2.05, 4.69) is 15.3 Å². The van der Waals surface area contributed by atoms with Crippen molar-refractivity contribution in [2.45, 2.75) is 6.54 Å². The van der Waals surface area contributed by atoms with Crippen LogP contribution in [0.25, 0.3) is 22.2 Å². The number of rotatable bonds is 11. The maximum atomic E-state index is 14.0. The van der Waals surface area contributed by atoms with Crippen molar-refractivity contribution in [3.63, 3.8) is 0 Å². The SMILES string of the molecule is CS(=O)(=O)O.CS(=O)(=O)O.OCCN(CCO)Cc1ccc(-c2ccc3ncnc(Nc4ccc(Oc5ccccc5F)c(Cl)c4)c3c2)o1. The van der Waals surface area contributed by atoms with Crippen molar-refractivity contribution in [2.75, 3.05) is 44.1 Å². The van der Waals surface area contributed by atoms with Crippen LogP contribution in [-0.4, -0.2) is 89.8 Å². The summed E-state index contributed by atoms with van der Waals surface area (Å²) < 4.78 is 77.4. The summed E-state index contributed by atoms with van der Waals surface area (Å²) in [7, 11) is -7.33. The van der Waals surface area contributed by atoms with E-state index in [4.69, 9.17) is 29.9 Å². The van der Waals surface area contributed by atoms with Crippen molar-refractivity contribution in [1.82, 2.24) is 14.9 Å².